The first-order chi connectivity index (χ1) is 10.1. The number of hydrogen-bond acceptors (Lipinski definition) is 5. The summed E-state index contributed by atoms with van der Waals surface area (Å²) < 4.78 is 5.84. The van der Waals surface area contributed by atoms with Crippen LogP contribution in [0.5, 0.6) is 0 Å². The van der Waals surface area contributed by atoms with Crippen LogP contribution in [0.2, 0.25) is 0 Å². The van der Waals surface area contributed by atoms with Crippen LogP contribution < -0.4 is 16.8 Å². The second-order valence-electron chi connectivity index (χ2n) is 5.48. The first kappa shape index (κ1) is 15.7. The van der Waals surface area contributed by atoms with Crippen LogP contribution in [0.15, 0.2) is 18.3 Å². The van der Waals surface area contributed by atoms with Gasteiger partial charge in [-0.05, 0) is 44.2 Å². The summed E-state index contributed by atoms with van der Waals surface area (Å²) in [4.78, 5) is 15.0. The molecule has 0 saturated heterocycles. The number of nitrogens with two attached hydrogens (primary N) is 2. The zero-order valence-electron chi connectivity index (χ0n) is 12.3. The summed E-state index contributed by atoms with van der Waals surface area (Å²) in [5.41, 5.74) is 11.4. The van der Waals surface area contributed by atoms with E-state index in [1.807, 2.05) is 0 Å². The lowest BCUT2D eigenvalue weighted by atomic mass is 9.94. The van der Waals surface area contributed by atoms with Gasteiger partial charge in [0.25, 0.3) is 0 Å². The molecule has 1 aromatic rings. The number of amides is 1. The lowest BCUT2D eigenvalue weighted by Crippen LogP contribution is -2.30. The maximum Gasteiger partial charge on any atom is 0.250 e. The Bertz CT molecular complexity index is 441. The molecule has 0 aliphatic heterocycles. The molecule has 1 aliphatic carbocycles. The monoisotopic (exact) mass is 292 g/mol. The number of carbonyl (C=O) groups is 1. The minimum Gasteiger partial charge on any atom is -0.378 e. The van der Waals surface area contributed by atoms with Gasteiger partial charge in [-0.1, -0.05) is 0 Å². The summed E-state index contributed by atoms with van der Waals surface area (Å²) in [6.07, 6.45) is 7.06. The molecule has 0 bridgehead atoms. The highest BCUT2D eigenvalue weighted by molar-refractivity contribution is 5.92. The number of aromatic nitrogens is 1. The van der Waals surface area contributed by atoms with Crippen LogP contribution in [-0.4, -0.2) is 36.2 Å². The van der Waals surface area contributed by atoms with Gasteiger partial charge in [0.2, 0.25) is 5.91 Å². The molecule has 6 heteroatoms. The van der Waals surface area contributed by atoms with E-state index >= 15 is 0 Å². The summed E-state index contributed by atoms with van der Waals surface area (Å²) in [5, 5.41) is 3.19. The quantitative estimate of drug-likeness (QED) is 0.657. The molecule has 2 rings (SSSR count). The normalized spacial score (nSPS) is 22.0. The molecule has 1 fully saturated rings. The van der Waals surface area contributed by atoms with Gasteiger partial charge in [0.15, 0.2) is 0 Å². The predicted octanol–water partition coefficient (Wildman–Crippen LogP) is 1.27. The van der Waals surface area contributed by atoms with E-state index in [-0.39, 0.29) is 0 Å². The first-order valence-electron chi connectivity index (χ1n) is 7.52. The maximum atomic E-state index is 10.9. The number of primary amides is 1. The van der Waals surface area contributed by atoms with Crippen LogP contribution in [0.25, 0.3) is 0 Å². The van der Waals surface area contributed by atoms with E-state index in [1.165, 1.54) is 6.20 Å². The molecule has 1 saturated carbocycles. The molecule has 0 unspecified atom stereocenters. The Morgan fingerprint density at radius 1 is 1.33 bits per heavy atom. The largest absolute Gasteiger partial charge is 0.378 e. The SMILES string of the molecule is NC(=O)c1ccc(NCCCOC2CCC(N)CC2)nc1. The molecular weight excluding hydrogens is 268 g/mol. The fourth-order valence-corrected chi connectivity index (χ4v) is 2.44. The highest BCUT2D eigenvalue weighted by Gasteiger charge is 2.18. The van der Waals surface area contributed by atoms with Gasteiger partial charge in [0.1, 0.15) is 5.82 Å². The fourth-order valence-electron chi connectivity index (χ4n) is 2.44. The minimum absolute atomic E-state index is 0.362. The van der Waals surface area contributed by atoms with Gasteiger partial charge in [-0.15, -0.1) is 0 Å². The van der Waals surface area contributed by atoms with E-state index in [4.69, 9.17) is 16.2 Å². The lowest BCUT2D eigenvalue weighted by molar-refractivity contribution is 0.0251. The van der Waals surface area contributed by atoms with E-state index in [1.54, 1.807) is 12.1 Å². The zero-order valence-corrected chi connectivity index (χ0v) is 12.3. The summed E-state index contributed by atoms with van der Waals surface area (Å²) in [7, 11) is 0. The van der Waals surface area contributed by atoms with Crippen molar-refractivity contribution in [2.24, 2.45) is 11.5 Å². The molecule has 0 aromatic carbocycles. The summed E-state index contributed by atoms with van der Waals surface area (Å²) in [5.74, 6) is 0.276. The molecular formula is C15H24N4O2. The number of pyridine rings is 1. The molecule has 1 aliphatic rings. The van der Waals surface area contributed by atoms with Crippen molar-refractivity contribution in [3.05, 3.63) is 23.9 Å². The third kappa shape index (κ3) is 5.32. The van der Waals surface area contributed by atoms with Gasteiger partial charge >= 0.3 is 0 Å². The molecule has 116 valence electrons. The fraction of sp³-hybridized carbons (Fsp3) is 0.600. The standard InChI is InChI=1S/C15H24N4O2/c16-12-3-5-13(6-4-12)21-9-1-8-18-14-7-2-11(10-19-14)15(17)20/h2,7,10,12-13H,1,3-6,8-9,16H2,(H2,17,20)(H,18,19). The van der Waals surface area contributed by atoms with Crippen LogP contribution in [-0.2, 0) is 4.74 Å². The topological polar surface area (TPSA) is 103 Å². The van der Waals surface area contributed by atoms with Gasteiger partial charge in [0.05, 0.1) is 11.7 Å². The van der Waals surface area contributed by atoms with Crippen LogP contribution >= 0.6 is 0 Å². The zero-order chi connectivity index (χ0) is 15.1. The molecule has 6 nitrogen and oxygen atoms in total. The van der Waals surface area contributed by atoms with Crippen molar-refractivity contribution in [1.82, 2.24) is 4.98 Å². The molecule has 1 amide bonds. The van der Waals surface area contributed by atoms with Gasteiger partial charge < -0.3 is 21.5 Å². The van der Waals surface area contributed by atoms with Crippen LogP contribution in [0, 0.1) is 0 Å². The Hall–Kier alpha value is -1.66. The summed E-state index contributed by atoms with van der Waals surface area (Å²) in [6, 6.07) is 3.78. The molecule has 1 aromatic heterocycles. The van der Waals surface area contributed by atoms with Gasteiger partial charge in [-0.25, -0.2) is 4.98 Å². The van der Waals surface area contributed by atoms with Crippen molar-refractivity contribution in [3.8, 4) is 0 Å². The molecule has 0 atom stereocenters. The number of carbonyl (C=O) groups excluding carboxylic acids is 1. The Balaban J connectivity index is 1.58. The van der Waals surface area contributed by atoms with Gasteiger partial charge in [-0.2, -0.15) is 0 Å². The van der Waals surface area contributed by atoms with E-state index in [9.17, 15) is 4.79 Å². The molecule has 0 radical (unpaired) electrons. The number of nitrogens with zero attached hydrogens (tertiary/aromatic N) is 1. The number of ether oxygens (including phenoxy) is 1. The van der Waals surface area contributed by atoms with Crippen molar-refractivity contribution in [2.75, 3.05) is 18.5 Å². The van der Waals surface area contributed by atoms with Crippen LogP contribution in [0.4, 0.5) is 5.82 Å². The van der Waals surface area contributed by atoms with Crippen molar-refractivity contribution < 1.29 is 9.53 Å². The highest BCUT2D eigenvalue weighted by atomic mass is 16.5. The number of hydrogen-bond donors (Lipinski definition) is 3. The van der Waals surface area contributed by atoms with Crippen molar-refractivity contribution >= 4 is 11.7 Å². The van der Waals surface area contributed by atoms with Crippen molar-refractivity contribution in [1.29, 1.82) is 0 Å². The average Bonchev–Trinajstić information content (AvgIpc) is 2.49. The average molecular weight is 292 g/mol. The molecule has 21 heavy (non-hydrogen) atoms. The van der Waals surface area contributed by atoms with Crippen molar-refractivity contribution in [3.63, 3.8) is 0 Å². The molecule has 0 spiro atoms. The number of nitrogens with one attached hydrogen (secondary N) is 1. The van der Waals surface area contributed by atoms with E-state index in [0.717, 1.165) is 51.1 Å². The minimum atomic E-state index is -0.463. The Morgan fingerprint density at radius 3 is 2.71 bits per heavy atom. The third-order valence-corrected chi connectivity index (χ3v) is 3.75. The van der Waals surface area contributed by atoms with E-state index < -0.39 is 5.91 Å². The van der Waals surface area contributed by atoms with E-state index in [0.29, 0.717) is 17.7 Å². The Kier molecular flexibility index (Phi) is 5.95. The molecule has 1 heterocycles. The maximum absolute atomic E-state index is 10.9. The predicted molar refractivity (Wildman–Crippen MR) is 82.0 cm³/mol. The Morgan fingerprint density at radius 2 is 2.10 bits per heavy atom. The van der Waals surface area contributed by atoms with Crippen LogP contribution in [0.3, 0.4) is 0 Å². The lowest BCUT2D eigenvalue weighted by Gasteiger charge is -2.26. The van der Waals surface area contributed by atoms with Crippen LogP contribution in [0.1, 0.15) is 42.5 Å². The number of anilines is 1. The molecule has 5 N–H and O–H groups in total. The second-order valence-corrected chi connectivity index (χ2v) is 5.48. The summed E-state index contributed by atoms with van der Waals surface area (Å²) in [6.45, 7) is 1.53. The third-order valence-electron chi connectivity index (χ3n) is 3.75. The highest BCUT2D eigenvalue weighted by Crippen LogP contribution is 2.19. The number of rotatable bonds is 7. The van der Waals surface area contributed by atoms with Gasteiger partial charge in [-0.3, -0.25) is 4.79 Å². The van der Waals surface area contributed by atoms with E-state index in [2.05, 4.69) is 10.3 Å². The summed E-state index contributed by atoms with van der Waals surface area (Å²) >= 11 is 0. The van der Waals surface area contributed by atoms with Crippen molar-refractivity contribution in [2.45, 2.75) is 44.2 Å². The Labute approximate surface area is 125 Å². The smallest absolute Gasteiger partial charge is 0.250 e. The second kappa shape index (κ2) is 7.95. The van der Waals surface area contributed by atoms with Gasteiger partial charge in [0, 0.05) is 25.4 Å². The first-order valence-corrected chi connectivity index (χ1v) is 7.52.